The van der Waals surface area contributed by atoms with E-state index in [1.54, 1.807) is 6.07 Å². The number of methoxy groups -OCH3 is 1. The van der Waals surface area contributed by atoms with Crippen molar-refractivity contribution in [3.05, 3.63) is 53.4 Å². The zero-order valence-electron chi connectivity index (χ0n) is 18.7. The predicted molar refractivity (Wildman–Crippen MR) is 116 cm³/mol. The van der Waals surface area contributed by atoms with E-state index in [0.29, 0.717) is 11.3 Å². The van der Waals surface area contributed by atoms with Crippen LogP contribution in [-0.4, -0.2) is 47.9 Å². The Morgan fingerprint density at radius 2 is 1.94 bits per heavy atom. The van der Waals surface area contributed by atoms with Crippen molar-refractivity contribution in [2.75, 3.05) is 19.5 Å². The fourth-order valence-electron chi connectivity index (χ4n) is 5.06. The zero-order valence-corrected chi connectivity index (χ0v) is 18.7. The number of amides is 2. The van der Waals surface area contributed by atoms with Gasteiger partial charge in [-0.05, 0) is 37.1 Å². The van der Waals surface area contributed by atoms with Gasteiger partial charge in [-0.25, -0.2) is 4.39 Å². The number of rotatable bonds is 6. The first-order valence-corrected chi connectivity index (χ1v) is 10.4. The number of pyridine rings is 1. The van der Waals surface area contributed by atoms with Crippen molar-refractivity contribution < 1.29 is 23.1 Å². The number of nitrogens with two attached hydrogens (primary N) is 1. The second-order valence-electron chi connectivity index (χ2n) is 8.50. The molecule has 1 fully saturated rings. The smallest absolute Gasteiger partial charge is 0.267 e. The summed E-state index contributed by atoms with van der Waals surface area (Å²) in [6.07, 6.45) is 1.38. The van der Waals surface area contributed by atoms with Crippen LogP contribution in [0.5, 0.6) is 5.75 Å². The molecule has 3 N–H and O–H groups in total. The number of benzene rings is 1. The SMILES string of the molecule is COc1c([C@@H]2[C@H](C)[C@H](C(C)C)N(C)[C@H]2C(=O)Nc2ccnc(C(N)=O)c2)ccc(F)c1F. The first kappa shape index (κ1) is 23.6. The van der Waals surface area contributed by atoms with Gasteiger partial charge >= 0.3 is 0 Å². The average molecular weight is 446 g/mol. The molecule has 4 atom stereocenters. The minimum Gasteiger partial charge on any atom is -0.493 e. The quantitative estimate of drug-likeness (QED) is 0.710. The van der Waals surface area contributed by atoms with E-state index in [9.17, 15) is 18.4 Å². The van der Waals surface area contributed by atoms with Gasteiger partial charge in [0, 0.05) is 29.4 Å². The Labute approximate surface area is 185 Å². The molecular formula is C23H28F2N4O3. The van der Waals surface area contributed by atoms with Crippen LogP contribution in [0.4, 0.5) is 14.5 Å². The van der Waals surface area contributed by atoms with E-state index in [2.05, 4.69) is 24.1 Å². The van der Waals surface area contributed by atoms with E-state index in [1.165, 1.54) is 25.4 Å². The molecule has 1 saturated heterocycles. The van der Waals surface area contributed by atoms with Gasteiger partial charge in [0.2, 0.25) is 11.7 Å². The number of carbonyl (C=O) groups is 2. The van der Waals surface area contributed by atoms with Crippen molar-refractivity contribution in [3.63, 3.8) is 0 Å². The zero-order chi connectivity index (χ0) is 23.7. The lowest BCUT2D eigenvalue weighted by Crippen LogP contribution is -2.44. The third-order valence-electron chi connectivity index (χ3n) is 6.23. The van der Waals surface area contributed by atoms with Crippen molar-refractivity contribution >= 4 is 17.5 Å². The van der Waals surface area contributed by atoms with Crippen molar-refractivity contribution in [2.45, 2.75) is 38.8 Å². The lowest BCUT2D eigenvalue weighted by molar-refractivity contribution is -0.120. The van der Waals surface area contributed by atoms with Gasteiger partial charge in [-0.1, -0.05) is 26.8 Å². The van der Waals surface area contributed by atoms with E-state index < -0.39 is 29.5 Å². The molecule has 1 aromatic carbocycles. The molecule has 9 heteroatoms. The number of aromatic nitrogens is 1. The molecule has 7 nitrogen and oxygen atoms in total. The largest absolute Gasteiger partial charge is 0.493 e. The molecule has 0 bridgehead atoms. The number of nitrogens with one attached hydrogen (secondary N) is 1. The van der Waals surface area contributed by atoms with Crippen LogP contribution < -0.4 is 15.8 Å². The molecule has 1 aromatic heterocycles. The van der Waals surface area contributed by atoms with Gasteiger partial charge < -0.3 is 15.8 Å². The second-order valence-corrected chi connectivity index (χ2v) is 8.50. The lowest BCUT2D eigenvalue weighted by Gasteiger charge is -2.29. The molecule has 2 amide bonds. The topological polar surface area (TPSA) is 97.6 Å². The summed E-state index contributed by atoms with van der Waals surface area (Å²) < 4.78 is 33.6. The molecule has 0 aliphatic carbocycles. The standard InChI is InChI=1S/C23H28F2N4O3/c1-11(2)19-12(3)17(14-6-7-15(24)18(25)21(14)32-5)20(29(19)4)23(31)28-13-8-9-27-16(10-13)22(26)30/h6-12,17,19-20H,1-5H3,(H2,26,30)(H,27,28,31)/t12-,17-,19-,20+/m0/s1. The van der Waals surface area contributed by atoms with Gasteiger partial charge in [0.1, 0.15) is 5.69 Å². The number of ether oxygens (including phenoxy) is 1. The second kappa shape index (κ2) is 9.20. The lowest BCUT2D eigenvalue weighted by atomic mass is 9.79. The molecule has 0 spiro atoms. The Balaban J connectivity index is 2.05. The Morgan fingerprint density at radius 3 is 2.53 bits per heavy atom. The number of hydrogen-bond donors (Lipinski definition) is 2. The van der Waals surface area contributed by atoms with Crippen LogP contribution in [0.1, 0.15) is 42.7 Å². The maximum absolute atomic E-state index is 14.5. The Hall–Kier alpha value is -3.07. The Kier molecular flexibility index (Phi) is 6.78. The first-order valence-electron chi connectivity index (χ1n) is 10.4. The van der Waals surface area contributed by atoms with Gasteiger partial charge in [-0.2, -0.15) is 4.39 Å². The molecule has 3 rings (SSSR count). The molecule has 2 aromatic rings. The highest BCUT2D eigenvalue weighted by Gasteiger charge is 2.50. The van der Waals surface area contributed by atoms with Crippen LogP contribution in [0.3, 0.4) is 0 Å². The normalized spacial score (nSPS) is 23.4. The Bertz CT molecular complexity index is 1030. The molecule has 0 radical (unpaired) electrons. The molecule has 1 aliphatic heterocycles. The molecule has 0 saturated carbocycles. The monoisotopic (exact) mass is 446 g/mol. The molecule has 172 valence electrons. The summed E-state index contributed by atoms with van der Waals surface area (Å²) in [6.45, 7) is 6.11. The number of likely N-dealkylation sites (N-methyl/N-ethyl adjacent to an activating group) is 1. The number of likely N-dealkylation sites (tertiary alicyclic amines) is 1. The van der Waals surface area contributed by atoms with E-state index in [4.69, 9.17) is 10.5 Å². The highest BCUT2D eigenvalue weighted by molar-refractivity contribution is 5.97. The summed E-state index contributed by atoms with van der Waals surface area (Å²) in [5.74, 6) is -3.67. The van der Waals surface area contributed by atoms with Crippen molar-refractivity contribution in [1.29, 1.82) is 0 Å². The molecule has 2 heterocycles. The summed E-state index contributed by atoms with van der Waals surface area (Å²) in [5.41, 5.74) is 6.10. The summed E-state index contributed by atoms with van der Waals surface area (Å²) >= 11 is 0. The predicted octanol–water partition coefficient (Wildman–Crippen LogP) is 3.16. The third kappa shape index (κ3) is 4.17. The molecule has 1 aliphatic rings. The molecule has 32 heavy (non-hydrogen) atoms. The minimum absolute atomic E-state index is 0.00666. The van der Waals surface area contributed by atoms with E-state index in [0.717, 1.165) is 6.07 Å². The third-order valence-corrected chi connectivity index (χ3v) is 6.23. The van der Waals surface area contributed by atoms with Crippen LogP contribution in [0.15, 0.2) is 30.5 Å². The molecule has 0 unspecified atom stereocenters. The van der Waals surface area contributed by atoms with Crippen molar-refractivity contribution in [2.24, 2.45) is 17.6 Å². The maximum Gasteiger partial charge on any atom is 0.267 e. The van der Waals surface area contributed by atoms with Crippen LogP contribution in [-0.2, 0) is 4.79 Å². The van der Waals surface area contributed by atoms with E-state index >= 15 is 0 Å². The van der Waals surface area contributed by atoms with Gasteiger partial charge in [0.05, 0.1) is 13.2 Å². The van der Waals surface area contributed by atoms with Crippen LogP contribution in [0.2, 0.25) is 0 Å². The number of carbonyl (C=O) groups excluding carboxylic acids is 2. The van der Waals surface area contributed by atoms with Gasteiger partial charge in [-0.3, -0.25) is 19.5 Å². The van der Waals surface area contributed by atoms with Gasteiger partial charge in [-0.15, -0.1) is 0 Å². The number of primary amides is 1. The fraction of sp³-hybridized carbons (Fsp3) is 0.435. The van der Waals surface area contributed by atoms with E-state index in [-0.39, 0.29) is 35.2 Å². The fourth-order valence-corrected chi connectivity index (χ4v) is 5.06. The Morgan fingerprint density at radius 1 is 1.25 bits per heavy atom. The van der Waals surface area contributed by atoms with Crippen molar-refractivity contribution in [3.8, 4) is 5.75 Å². The first-order chi connectivity index (χ1) is 15.1. The van der Waals surface area contributed by atoms with Gasteiger partial charge in [0.15, 0.2) is 11.6 Å². The highest BCUT2D eigenvalue weighted by atomic mass is 19.2. The summed E-state index contributed by atoms with van der Waals surface area (Å²) in [7, 11) is 3.13. The van der Waals surface area contributed by atoms with Crippen LogP contribution in [0, 0.1) is 23.5 Å². The minimum atomic E-state index is -1.08. The van der Waals surface area contributed by atoms with Crippen LogP contribution >= 0.6 is 0 Å². The highest BCUT2D eigenvalue weighted by Crippen LogP contribution is 2.47. The number of halogens is 2. The summed E-state index contributed by atoms with van der Waals surface area (Å²) in [6, 6.07) is 4.79. The summed E-state index contributed by atoms with van der Waals surface area (Å²) in [4.78, 5) is 30.7. The molecular weight excluding hydrogens is 418 g/mol. The van der Waals surface area contributed by atoms with Gasteiger partial charge in [0.25, 0.3) is 5.91 Å². The summed E-state index contributed by atoms with van der Waals surface area (Å²) in [5, 5.41) is 2.82. The van der Waals surface area contributed by atoms with Crippen LogP contribution in [0.25, 0.3) is 0 Å². The average Bonchev–Trinajstić information content (AvgIpc) is 3.00. The van der Waals surface area contributed by atoms with E-state index in [1.807, 2.05) is 18.9 Å². The van der Waals surface area contributed by atoms with Crippen molar-refractivity contribution in [1.82, 2.24) is 9.88 Å². The maximum atomic E-state index is 14.5. The number of anilines is 1. The number of hydrogen-bond acceptors (Lipinski definition) is 5. The number of nitrogens with zero attached hydrogens (tertiary/aromatic N) is 2.